The molecule has 1 nitrogen and oxygen atoms in total. The average molecular weight is 267 g/mol. The molecule has 0 aliphatic rings. The minimum atomic E-state index is 0.524. The van der Waals surface area contributed by atoms with E-state index in [1.165, 1.54) is 11.1 Å². The van der Waals surface area contributed by atoms with E-state index in [2.05, 4.69) is 79.8 Å². The van der Waals surface area contributed by atoms with Crippen molar-refractivity contribution in [2.45, 2.75) is 32.7 Å². The van der Waals surface area contributed by atoms with Gasteiger partial charge in [-0.3, -0.25) is 0 Å². The molecule has 0 spiro atoms. The predicted octanol–water partition coefficient (Wildman–Crippen LogP) is 4.09. The van der Waals surface area contributed by atoms with Crippen LogP contribution < -0.4 is 5.32 Å². The van der Waals surface area contributed by atoms with E-state index in [1.54, 1.807) is 0 Å². The van der Waals surface area contributed by atoms with Gasteiger partial charge < -0.3 is 5.32 Å². The van der Waals surface area contributed by atoms with Gasteiger partial charge in [0, 0.05) is 6.04 Å². The summed E-state index contributed by atoms with van der Waals surface area (Å²) < 4.78 is 0. The lowest BCUT2D eigenvalue weighted by atomic mass is 10.0. The first-order valence-electron chi connectivity index (χ1n) is 7.55. The summed E-state index contributed by atoms with van der Waals surface area (Å²) in [6.45, 7) is 5.65. The van der Waals surface area contributed by atoms with Crippen LogP contribution in [0.15, 0.2) is 60.7 Å². The smallest absolute Gasteiger partial charge is 0.00792 e. The lowest BCUT2D eigenvalue weighted by molar-refractivity contribution is 0.458. The molecule has 20 heavy (non-hydrogen) atoms. The molecular formula is C19H25N. The minimum Gasteiger partial charge on any atom is -0.314 e. The number of rotatable bonds is 7. The van der Waals surface area contributed by atoms with Crippen LogP contribution >= 0.6 is 0 Å². The Morgan fingerprint density at radius 3 is 1.80 bits per heavy atom. The Bertz CT molecular complexity index is 430. The molecule has 0 fully saturated rings. The fourth-order valence-electron chi connectivity index (χ4n) is 2.53. The van der Waals surface area contributed by atoms with Crippen LogP contribution in [0.5, 0.6) is 0 Å². The third-order valence-corrected chi connectivity index (χ3v) is 3.63. The van der Waals surface area contributed by atoms with Crippen molar-refractivity contribution in [2.75, 3.05) is 6.54 Å². The number of nitrogens with one attached hydrogen (secondary N) is 1. The highest BCUT2D eigenvalue weighted by Gasteiger charge is 2.07. The molecule has 2 aromatic carbocycles. The second-order valence-corrected chi connectivity index (χ2v) is 5.79. The van der Waals surface area contributed by atoms with Crippen LogP contribution in [0.2, 0.25) is 0 Å². The largest absolute Gasteiger partial charge is 0.314 e. The Hall–Kier alpha value is -1.60. The van der Waals surface area contributed by atoms with E-state index in [0.29, 0.717) is 12.0 Å². The van der Waals surface area contributed by atoms with Crippen molar-refractivity contribution in [3.05, 3.63) is 71.8 Å². The average Bonchev–Trinajstić information content (AvgIpc) is 2.47. The topological polar surface area (TPSA) is 12.0 Å². The van der Waals surface area contributed by atoms with Gasteiger partial charge in [-0.2, -0.15) is 0 Å². The van der Waals surface area contributed by atoms with Crippen molar-refractivity contribution in [1.29, 1.82) is 0 Å². The van der Waals surface area contributed by atoms with Gasteiger partial charge in [0.2, 0.25) is 0 Å². The lowest BCUT2D eigenvalue weighted by Crippen LogP contribution is -2.32. The SMILES string of the molecule is C[C@@H](CN[C@@H](C)Cc1ccccc1)Cc1ccccc1. The maximum absolute atomic E-state index is 3.65. The molecule has 0 bridgehead atoms. The monoisotopic (exact) mass is 267 g/mol. The van der Waals surface area contributed by atoms with E-state index in [0.717, 1.165) is 19.4 Å². The maximum Gasteiger partial charge on any atom is 0.00792 e. The number of hydrogen-bond acceptors (Lipinski definition) is 1. The van der Waals surface area contributed by atoms with Crippen molar-refractivity contribution < 1.29 is 0 Å². The Morgan fingerprint density at radius 1 is 0.750 bits per heavy atom. The summed E-state index contributed by atoms with van der Waals surface area (Å²) in [6, 6.07) is 22.0. The van der Waals surface area contributed by atoms with Crippen molar-refractivity contribution in [3.63, 3.8) is 0 Å². The van der Waals surface area contributed by atoms with Crippen LogP contribution in [0.25, 0.3) is 0 Å². The third kappa shape index (κ3) is 5.18. The van der Waals surface area contributed by atoms with Crippen LogP contribution in [-0.2, 0) is 12.8 Å². The van der Waals surface area contributed by atoms with E-state index >= 15 is 0 Å². The second kappa shape index (κ2) is 7.86. The van der Waals surface area contributed by atoms with Crippen molar-refractivity contribution in [3.8, 4) is 0 Å². The molecule has 0 saturated heterocycles. The maximum atomic E-state index is 3.65. The Kier molecular flexibility index (Phi) is 5.82. The fourth-order valence-corrected chi connectivity index (χ4v) is 2.53. The molecule has 0 amide bonds. The van der Waals surface area contributed by atoms with E-state index in [4.69, 9.17) is 0 Å². The standard InChI is InChI=1S/C19H25N/c1-16(13-18-9-5-3-6-10-18)15-20-17(2)14-19-11-7-4-8-12-19/h3-12,16-17,20H,13-15H2,1-2H3/t16-,17+/m1/s1. The predicted molar refractivity (Wildman–Crippen MR) is 86.9 cm³/mol. The van der Waals surface area contributed by atoms with Crippen molar-refractivity contribution in [1.82, 2.24) is 5.32 Å². The van der Waals surface area contributed by atoms with Crippen molar-refractivity contribution in [2.24, 2.45) is 5.92 Å². The molecule has 0 aliphatic carbocycles. The third-order valence-electron chi connectivity index (χ3n) is 3.63. The summed E-state index contributed by atoms with van der Waals surface area (Å²) in [5, 5.41) is 3.65. The Morgan fingerprint density at radius 2 is 1.25 bits per heavy atom. The van der Waals surface area contributed by atoms with E-state index in [9.17, 15) is 0 Å². The highest BCUT2D eigenvalue weighted by Crippen LogP contribution is 2.08. The van der Waals surface area contributed by atoms with Gasteiger partial charge in [0.05, 0.1) is 0 Å². The number of hydrogen-bond donors (Lipinski definition) is 1. The van der Waals surface area contributed by atoms with Gasteiger partial charge in [0.1, 0.15) is 0 Å². The zero-order valence-corrected chi connectivity index (χ0v) is 12.5. The Balaban J connectivity index is 1.71. The summed E-state index contributed by atoms with van der Waals surface area (Å²) in [4.78, 5) is 0. The minimum absolute atomic E-state index is 0.524. The summed E-state index contributed by atoms with van der Waals surface area (Å²) >= 11 is 0. The van der Waals surface area contributed by atoms with Gasteiger partial charge in [-0.25, -0.2) is 0 Å². The Labute approximate surface area is 123 Å². The summed E-state index contributed by atoms with van der Waals surface area (Å²) in [5.41, 5.74) is 2.83. The van der Waals surface area contributed by atoms with E-state index < -0.39 is 0 Å². The molecule has 0 heterocycles. The molecule has 1 N–H and O–H groups in total. The van der Waals surface area contributed by atoms with Crippen molar-refractivity contribution >= 4 is 0 Å². The van der Waals surface area contributed by atoms with Gasteiger partial charge >= 0.3 is 0 Å². The summed E-state index contributed by atoms with van der Waals surface area (Å²) in [6.07, 6.45) is 2.24. The van der Waals surface area contributed by atoms with Crippen LogP contribution in [0, 0.1) is 5.92 Å². The van der Waals surface area contributed by atoms with Gasteiger partial charge in [0.15, 0.2) is 0 Å². The first-order chi connectivity index (χ1) is 9.74. The molecule has 0 aliphatic heterocycles. The first-order valence-corrected chi connectivity index (χ1v) is 7.55. The summed E-state index contributed by atoms with van der Waals surface area (Å²) in [7, 11) is 0. The highest BCUT2D eigenvalue weighted by atomic mass is 14.9. The molecule has 2 aromatic rings. The molecule has 2 atom stereocenters. The molecule has 0 unspecified atom stereocenters. The fraction of sp³-hybridized carbons (Fsp3) is 0.368. The molecule has 2 rings (SSSR count). The summed E-state index contributed by atoms with van der Waals surface area (Å²) in [5.74, 6) is 0.663. The highest BCUT2D eigenvalue weighted by molar-refractivity contribution is 5.16. The van der Waals surface area contributed by atoms with Gasteiger partial charge in [-0.15, -0.1) is 0 Å². The van der Waals surface area contributed by atoms with Crippen LogP contribution in [0.3, 0.4) is 0 Å². The quantitative estimate of drug-likeness (QED) is 0.797. The molecular weight excluding hydrogens is 242 g/mol. The molecule has 1 heteroatoms. The van der Waals surface area contributed by atoms with Crippen LogP contribution in [0.4, 0.5) is 0 Å². The van der Waals surface area contributed by atoms with Gasteiger partial charge in [-0.05, 0) is 43.4 Å². The first kappa shape index (κ1) is 14.8. The van der Waals surface area contributed by atoms with E-state index in [-0.39, 0.29) is 0 Å². The zero-order chi connectivity index (χ0) is 14.2. The number of benzene rings is 2. The van der Waals surface area contributed by atoms with E-state index in [1.807, 2.05) is 0 Å². The lowest BCUT2D eigenvalue weighted by Gasteiger charge is -2.18. The molecule has 0 aromatic heterocycles. The van der Waals surface area contributed by atoms with Crippen LogP contribution in [-0.4, -0.2) is 12.6 Å². The van der Waals surface area contributed by atoms with Gasteiger partial charge in [-0.1, -0.05) is 67.6 Å². The van der Waals surface area contributed by atoms with Gasteiger partial charge in [0.25, 0.3) is 0 Å². The molecule has 106 valence electrons. The molecule has 0 radical (unpaired) electrons. The zero-order valence-electron chi connectivity index (χ0n) is 12.5. The molecule has 0 saturated carbocycles. The normalized spacial score (nSPS) is 13.9. The van der Waals surface area contributed by atoms with Crippen LogP contribution in [0.1, 0.15) is 25.0 Å². The second-order valence-electron chi connectivity index (χ2n) is 5.79.